The van der Waals surface area contributed by atoms with E-state index in [1.165, 1.54) is 80.9 Å². The van der Waals surface area contributed by atoms with E-state index in [2.05, 4.69) is 104 Å². The Bertz CT molecular complexity index is 816. The third kappa shape index (κ3) is 28.0. The zero-order valence-electron chi connectivity index (χ0n) is 30.1. The van der Waals surface area contributed by atoms with Gasteiger partial charge in [0.25, 0.3) is 0 Å². The van der Waals surface area contributed by atoms with Gasteiger partial charge in [0, 0.05) is 0 Å². The monoisotopic (exact) mass is 580 g/mol. The number of aryl methyl sites for hydroxylation is 2. The molecular formula is C41H73N. The summed E-state index contributed by atoms with van der Waals surface area (Å²) >= 11 is 0. The zero-order valence-corrected chi connectivity index (χ0v) is 30.1. The number of hydrogen-bond donors (Lipinski definition) is 1. The molecule has 0 amide bonds. The van der Waals surface area contributed by atoms with Gasteiger partial charge in [-0.3, -0.25) is 0 Å². The van der Waals surface area contributed by atoms with E-state index in [1.807, 2.05) is 45.9 Å². The lowest BCUT2D eigenvalue weighted by Gasteiger charge is -2.18. The lowest BCUT2D eigenvalue weighted by molar-refractivity contribution is 0.346. The fourth-order valence-corrected chi connectivity index (χ4v) is 4.12. The average molecular weight is 580 g/mol. The molecule has 2 fully saturated rings. The molecule has 2 saturated carbocycles. The largest absolute Gasteiger partial charge is 0.328 e. The SMILES string of the molecule is C1CCC1.C=C.CC.CC(C)N.CC1CCC1.CCC(C=C(C)CC(C)c1ccccc1C)CC.Cc1ccccc1. The Morgan fingerprint density at radius 2 is 1.21 bits per heavy atom. The molecule has 242 valence electrons. The van der Waals surface area contributed by atoms with Gasteiger partial charge >= 0.3 is 0 Å². The average Bonchev–Trinajstić information content (AvgIpc) is 2.93. The van der Waals surface area contributed by atoms with Gasteiger partial charge < -0.3 is 5.73 Å². The van der Waals surface area contributed by atoms with Crippen molar-refractivity contribution in [2.45, 2.75) is 152 Å². The van der Waals surface area contributed by atoms with Crippen LogP contribution in [-0.2, 0) is 0 Å². The summed E-state index contributed by atoms with van der Waals surface area (Å²) in [4.78, 5) is 0. The summed E-state index contributed by atoms with van der Waals surface area (Å²) in [5.74, 6) is 2.45. The number of allylic oxidation sites excluding steroid dienone is 2. The lowest BCUT2D eigenvalue weighted by atomic mass is 9.88. The van der Waals surface area contributed by atoms with E-state index in [4.69, 9.17) is 5.73 Å². The Labute approximate surface area is 265 Å². The molecule has 0 saturated heterocycles. The van der Waals surface area contributed by atoms with Gasteiger partial charge in [-0.1, -0.05) is 172 Å². The highest BCUT2D eigenvalue weighted by Gasteiger charge is 2.10. The van der Waals surface area contributed by atoms with Crippen LogP contribution in [-0.4, -0.2) is 6.04 Å². The van der Waals surface area contributed by atoms with Crippen molar-refractivity contribution in [1.29, 1.82) is 0 Å². The van der Waals surface area contributed by atoms with E-state index in [0.29, 0.717) is 12.0 Å². The predicted molar refractivity (Wildman–Crippen MR) is 197 cm³/mol. The Balaban J connectivity index is -0.000000515. The van der Waals surface area contributed by atoms with E-state index >= 15 is 0 Å². The summed E-state index contributed by atoms with van der Waals surface area (Å²) in [6, 6.07) is 19.4. The van der Waals surface area contributed by atoms with Gasteiger partial charge in [-0.25, -0.2) is 0 Å². The molecule has 2 aromatic rings. The van der Waals surface area contributed by atoms with E-state index in [9.17, 15) is 0 Å². The van der Waals surface area contributed by atoms with Gasteiger partial charge in [0.2, 0.25) is 0 Å². The molecule has 2 aromatic carbocycles. The van der Waals surface area contributed by atoms with Crippen LogP contribution in [0, 0.1) is 25.7 Å². The number of rotatable bonds is 6. The van der Waals surface area contributed by atoms with Crippen molar-refractivity contribution in [3.8, 4) is 0 Å². The maximum Gasteiger partial charge on any atom is -0.00179 e. The maximum atomic E-state index is 5.11. The van der Waals surface area contributed by atoms with Gasteiger partial charge in [-0.15, -0.1) is 13.2 Å². The second-order valence-corrected chi connectivity index (χ2v) is 11.9. The standard InChI is InChI=1S/C18H28.C7H8.C5H10.C4H8.C3H9N.C2H6.C2H4/c1-6-17(7-2)13-14(3)12-16(5)18-11-9-8-10-15(18)4;1-7-5-3-2-4-6-7;1-5-3-2-4-5;1-2-4-3-1;1-3(2)4;2*1-2/h8-11,13,16-17H,6-7,12H2,1-5H3;2-6H,1H3;5H,2-4H2,1H3;1-4H2;3H,4H2,1-2H3;1-2H3;1-2H2. The second kappa shape index (κ2) is 31.8. The summed E-state index contributed by atoms with van der Waals surface area (Å²) in [6.45, 7) is 29.7. The summed E-state index contributed by atoms with van der Waals surface area (Å²) in [6.07, 6.45) is 16.6. The summed E-state index contributed by atoms with van der Waals surface area (Å²) in [5.41, 5.74) is 10.9. The molecule has 0 spiro atoms. The minimum absolute atomic E-state index is 0.333. The van der Waals surface area contributed by atoms with Crippen molar-refractivity contribution >= 4 is 0 Å². The van der Waals surface area contributed by atoms with Crippen LogP contribution in [0.1, 0.15) is 149 Å². The maximum absolute atomic E-state index is 5.11. The Morgan fingerprint density at radius 3 is 1.50 bits per heavy atom. The first kappa shape index (κ1) is 44.3. The van der Waals surface area contributed by atoms with Crippen molar-refractivity contribution in [1.82, 2.24) is 0 Å². The predicted octanol–water partition coefficient (Wildman–Crippen LogP) is 13.4. The van der Waals surface area contributed by atoms with Gasteiger partial charge in [-0.05, 0) is 75.0 Å². The highest BCUT2D eigenvalue weighted by Crippen LogP contribution is 2.27. The molecule has 0 aliphatic heterocycles. The third-order valence-corrected chi connectivity index (χ3v) is 7.25. The first-order valence-electron chi connectivity index (χ1n) is 17.1. The van der Waals surface area contributed by atoms with Crippen molar-refractivity contribution in [2.75, 3.05) is 0 Å². The first-order valence-corrected chi connectivity index (χ1v) is 17.1. The van der Waals surface area contributed by atoms with Crippen molar-refractivity contribution in [3.63, 3.8) is 0 Å². The molecule has 0 aromatic heterocycles. The van der Waals surface area contributed by atoms with Crippen molar-refractivity contribution in [3.05, 3.63) is 96.1 Å². The molecule has 1 nitrogen and oxygen atoms in total. The Morgan fingerprint density at radius 1 is 0.810 bits per heavy atom. The fraction of sp³-hybridized carbons (Fsp3) is 0.610. The quantitative estimate of drug-likeness (QED) is 0.338. The Hall–Kier alpha value is -2.12. The van der Waals surface area contributed by atoms with Crippen LogP contribution in [0.2, 0.25) is 0 Å². The van der Waals surface area contributed by atoms with E-state index in [1.54, 1.807) is 5.57 Å². The molecule has 0 bridgehead atoms. The van der Waals surface area contributed by atoms with Gasteiger partial charge in [0.1, 0.15) is 0 Å². The molecule has 0 heterocycles. The zero-order chi connectivity index (χ0) is 32.8. The highest BCUT2D eigenvalue weighted by molar-refractivity contribution is 5.29. The van der Waals surface area contributed by atoms with E-state index < -0.39 is 0 Å². The molecule has 1 atom stereocenters. The molecular weight excluding hydrogens is 506 g/mol. The number of nitrogens with two attached hydrogens (primary N) is 1. The molecule has 2 aliphatic rings. The first-order chi connectivity index (χ1) is 20.1. The topological polar surface area (TPSA) is 26.0 Å². The molecule has 4 rings (SSSR count). The van der Waals surface area contributed by atoms with E-state index in [-0.39, 0.29) is 0 Å². The van der Waals surface area contributed by atoms with Crippen LogP contribution in [0.4, 0.5) is 0 Å². The third-order valence-electron chi connectivity index (χ3n) is 7.25. The van der Waals surface area contributed by atoms with Crippen LogP contribution in [0.3, 0.4) is 0 Å². The summed E-state index contributed by atoms with van der Waals surface area (Å²) in [7, 11) is 0. The molecule has 2 N–H and O–H groups in total. The highest BCUT2D eigenvalue weighted by atomic mass is 14.6. The van der Waals surface area contributed by atoms with Crippen LogP contribution in [0.15, 0.2) is 79.4 Å². The number of hydrogen-bond acceptors (Lipinski definition) is 1. The summed E-state index contributed by atoms with van der Waals surface area (Å²) < 4.78 is 0. The smallest absolute Gasteiger partial charge is 0.00179 e. The molecule has 1 unspecified atom stereocenters. The van der Waals surface area contributed by atoms with Crippen LogP contribution >= 0.6 is 0 Å². The Kier molecular flexibility index (Phi) is 33.6. The minimum atomic E-state index is 0.333. The minimum Gasteiger partial charge on any atom is -0.328 e. The van der Waals surface area contributed by atoms with Gasteiger partial charge in [-0.2, -0.15) is 0 Å². The lowest BCUT2D eigenvalue weighted by Crippen LogP contribution is -2.06. The molecule has 0 radical (unpaired) electrons. The normalized spacial score (nSPS) is 13.9. The van der Waals surface area contributed by atoms with Crippen LogP contribution in [0.5, 0.6) is 0 Å². The fourth-order valence-electron chi connectivity index (χ4n) is 4.12. The van der Waals surface area contributed by atoms with Gasteiger partial charge in [0.15, 0.2) is 0 Å². The van der Waals surface area contributed by atoms with Crippen LogP contribution in [0.25, 0.3) is 0 Å². The van der Waals surface area contributed by atoms with Crippen molar-refractivity contribution < 1.29 is 0 Å². The second-order valence-electron chi connectivity index (χ2n) is 11.9. The van der Waals surface area contributed by atoms with Crippen molar-refractivity contribution in [2.24, 2.45) is 17.6 Å². The molecule has 42 heavy (non-hydrogen) atoms. The van der Waals surface area contributed by atoms with Crippen LogP contribution < -0.4 is 5.73 Å². The molecule has 1 heteroatoms. The summed E-state index contributed by atoms with van der Waals surface area (Å²) in [5, 5.41) is 0. The van der Waals surface area contributed by atoms with Gasteiger partial charge in [0.05, 0.1) is 0 Å². The van der Waals surface area contributed by atoms with E-state index in [0.717, 1.165) is 11.8 Å². The number of benzene rings is 2. The molecule has 2 aliphatic carbocycles.